The number of hydrogen-bond acceptors (Lipinski definition) is 5. The Kier molecular flexibility index (Phi) is 3.57. The molecule has 1 aromatic carbocycles. The summed E-state index contributed by atoms with van der Waals surface area (Å²) in [5.41, 5.74) is 0.00128. The van der Waals surface area contributed by atoms with Crippen LogP contribution in [0.5, 0.6) is 11.6 Å². The van der Waals surface area contributed by atoms with Crippen LogP contribution < -0.4 is 4.74 Å². The van der Waals surface area contributed by atoms with Gasteiger partial charge in [0.2, 0.25) is 16.9 Å². The molecular weight excluding hydrogens is 277 g/mol. The van der Waals surface area contributed by atoms with Gasteiger partial charge in [0.1, 0.15) is 0 Å². The van der Waals surface area contributed by atoms with Crippen molar-refractivity contribution in [1.29, 1.82) is 0 Å². The highest BCUT2D eigenvalue weighted by Crippen LogP contribution is 2.33. The van der Waals surface area contributed by atoms with Crippen LogP contribution in [0.1, 0.15) is 5.69 Å². The van der Waals surface area contributed by atoms with E-state index in [-0.39, 0.29) is 11.2 Å². The highest BCUT2D eigenvalue weighted by Gasteiger charge is 2.20. The molecule has 0 amide bonds. The van der Waals surface area contributed by atoms with Crippen LogP contribution in [-0.2, 0) is 0 Å². The zero-order valence-corrected chi connectivity index (χ0v) is 10.4. The molecule has 0 spiro atoms. The van der Waals surface area contributed by atoms with Gasteiger partial charge in [-0.05, 0) is 24.6 Å². The normalized spacial score (nSPS) is 10.3. The molecular formula is C11H7ClFN3O3. The molecule has 2 rings (SSSR count). The van der Waals surface area contributed by atoms with Gasteiger partial charge in [-0.2, -0.15) is 4.98 Å². The van der Waals surface area contributed by atoms with E-state index in [2.05, 4.69) is 9.97 Å². The van der Waals surface area contributed by atoms with E-state index >= 15 is 0 Å². The first-order valence-electron chi connectivity index (χ1n) is 5.09. The van der Waals surface area contributed by atoms with Gasteiger partial charge in [0.15, 0.2) is 5.82 Å². The molecule has 1 heterocycles. The number of aryl methyl sites for hydroxylation is 1. The van der Waals surface area contributed by atoms with Crippen LogP contribution in [0.4, 0.5) is 10.1 Å². The molecule has 8 heteroatoms. The molecule has 2 aromatic rings. The summed E-state index contributed by atoms with van der Waals surface area (Å²) in [5.74, 6) is -1.44. The third-order valence-electron chi connectivity index (χ3n) is 2.15. The number of nitrogens with zero attached hydrogens (tertiary/aromatic N) is 3. The molecule has 0 saturated heterocycles. The average molecular weight is 284 g/mol. The van der Waals surface area contributed by atoms with Crippen molar-refractivity contribution in [3.8, 4) is 11.6 Å². The molecule has 0 bridgehead atoms. The van der Waals surface area contributed by atoms with E-state index in [9.17, 15) is 14.5 Å². The Labute approximate surface area is 112 Å². The first kappa shape index (κ1) is 13.2. The lowest BCUT2D eigenvalue weighted by atomic mass is 10.3. The lowest BCUT2D eigenvalue weighted by Crippen LogP contribution is -1.98. The standard InChI is InChI=1S/C11H7ClFN3O3/c1-6-5-9(15-11(12)14-6)19-10-7(13)3-2-4-8(10)16(17)18/h2-5H,1H3. The number of aromatic nitrogens is 2. The zero-order chi connectivity index (χ0) is 14.0. The minimum atomic E-state index is -0.860. The number of rotatable bonds is 3. The summed E-state index contributed by atoms with van der Waals surface area (Å²) in [6, 6.07) is 4.80. The molecule has 0 saturated carbocycles. The highest BCUT2D eigenvalue weighted by atomic mass is 35.5. The predicted molar refractivity (Wildman–Crippen MR) is 64.9 cm³/mol. The Bertz CT molecular complexity index is 631. The second kappa shape index (κ2) is 5.15. The van der Waals surface area contributed by atoms with Crippen molar-refractivity contribution in [2.75, 3.05) is 0 Å². The second-order valence-electron chi connectivity index (χ2n) is 3.56. The smallest absolute Gasteiger partial charge is 0.314 e. The van der Waals surface area contributed by atoms with Crippen molar-refractivity contribution in [3.05, 3.63) is 51.2 Å². The van der Waals surface area contributed by atoms with Crippen molar-refractivity contribution >= 4 is 17.3 Å². The average Bonchev–Trinajstić information content (AvgIpc) is 2.30. The van der Waals surface area contributed by atoms with Crippen molar-refractivity contribution < 1.29 is 14.1 Å². The molecule has 0 aliphatic heterocycles. The number of hydrogen-bond donors (Lipinski definition) is 0. The summed E-state index contributed by atoms with van der Waals surface area (Å²) in [6.45, 7) is 1.64. The van der Waals surface area contributed by atoms with Crippen LogP contribution in [0.15, 0.2) is 24.3 Å². The van der Waals surface area contributed by atoms with Crippen LogP contribution >= 0.6 is 11.6 Å². The summed E-state index contributed by atoms with van der Waals surface area (Å²) < 4.78 is 18.7. The van der Waals surface area contributed by atoms with Gasteiger partial charge < -0.3 is 4.74 Å². The molecule has 6 nitrogen and oxygen atoms in total. The molecule has 0 radical (unpaired) electrons. The van der Waals surface area contributed by atoms with E-state index in [1.165, 1.54) is 12.1 Å². The van der Waals surface area contributed by atoms with E-state index in [0.29, 0.717) is 5.69 Å². The molecule has 1 aromatic heterocycles. The molecule has 19 heavy (non-hydrogen) atoms. The minimum Gasteiger partial charge on any atom is -0.428 e. The Balaban J connectivity index is 2.45. The van der Waals surface area contributed by atoms with Crippen LogP contribution in [0, 0.1) is 22.9 Å². The van der Waals surface area contributed by atoms with Crippen LogP contribution in [-0.4, -0.2) is 14.9 Å². The van der Waals surface area contributed by atoms with Crippen LogP contribution in [0.3, 0.4) is 0 Å². The second-order valence-corrected chi connectivity index (χ2v) is 3.90. The summed E-state index contributed by atoms with van der Waals surface area (Å²) >= 11 is 5.63. The maximum Gasteiger partial charge on any atom is 0.314 e. The van der Waals surface area contributed by atoms with Crippen molar-refractivity contribution in [2.45, 2.75) is 6.92 Å². The van der Waals surface area contributed by atoms with E-state index in [1.54, 1.807) is 6.92 Å². The van der Waals surface area contributed by atoms with Gasteiger partial charge in [0, 0.05) is 17.8 Å². The fraction of sp³-hybridized carbons (Fsp3) is 0.0909. The quantitative estimate of drug-likeness (QED) is 0.491. The number of benzene rings is 1. The number of ether oxygens (including phenoxy) is 1. The topological polar surface area (TPSA) is 78.2 Å². The van der Waals surface area contributed by atoms with E-state index in [0.717, 1.165) is 12.1 Å². The first-order chi connectivity index (χ1) is 8.97. The first-order valence-corrected chi connectivity index (χ1v) is 5.47. The van der Waals surface area contributed by atoms with Gasteiger partial charge in [0.25, 0.3) is 0 Å². The molecule has 0 N–H and O–H groups in total. The predicted octanol–water partition coefficient (Wildman–Crippen LogP) is 3.28. The van der Waals surface area contributed by atoms with Gasteiger partial charge in [-0.1, -0.05) is 6.07 Å². The molecule has 0 fully saturated rings. The van der Waals surface area contributed by atoms with Gasteiger partial charge in [0.05, 0.1) is 4.92 Å². The third-order valence-corrected chi connectivity index (χ3v) is 2.32. The number of nitro groups is 1. The van der Waals surface area contributed by atoms with E-state index < -0.39 is 22.2 Å². The fourth-order valence-corrected chi connectivity index (χ4v) is 1.62. The highest BCUT2D eigenvalue weighted by molar-refractivity contribution is 6.28. The van der Waals surface area contributed by atoms with Crippen molar-refractivity contribution in [1.82, 2.24) is 9.97 Å². The number of halogens is 2. The van der Waals surface area contributed by atoms with Crippen LogP contribution in [0.2, 0.25) is 5.28 Å². The summed E-state index contributed by atoms with van der Waals surface area (Å²) in [6.07, 6.45) is 0. The van der Waals surface area contributed by atoms with E-state index in [4.69, 9.17) is 16.3 Å². The molecule has 0 aliphatic carbocycles. The Hall–Kier alpha value is -2.28. The van der Waals surface area contributed by atoms with Crippen molar-refractivity contribution in [2.24, 2.45) is 0 Å². The largest absolute Gasteiger partial charge is 0.428 e. The Morgan fingerprint density at radius 2 is 2.16 bits per heavy atom. The Morgan fingerprint density at radius 1 is 1.42 bits per heavy atom. The van der Waals surface area contributed by atoms with E-state index in [1.807, 2.05) is 0 Å². The van der Waals surface area contributed by atoms with Gasteiger partial charge in [-0.25, -0.2) is 9.37 Å². The van der Waals surface area contributed by atoms with Crippen LogP contribution in [0.25, 0.3) is 0 Å². The zero-order valence-electron chi connectivity index (χ0n) is 9.63. The van der Waals surface area contributed by atoms with Gasteiger partial charge >= 0.3 is 5.69 Å². The summed E-state index contributed by atoms with van der Waals surface area (Å²) in [4.78, 5) is 17.6. The molecule has 98 valence electrons. The lowest BCUT2D eigenvalue weighted by Gasteiger charge is -2.06. The summed E-state index contributed by atoms with van der Waals surface area (Å²) in [7, 11) is 0. The molecule has 0 aliphatic rings. The molecule has 0 atom stereocenters. The van der Waals surface area contributed by atoms with Crippen molar-refractivity contribution in [3.63, 3.8) is 0 Å². The fourth-order valence-electron chi connectivity index (χ4n) is 1.40. The number of para-hydroxylation sites is 1. The maximum absolute atomic E-state index is 13.6. The monoisotopic (exact) mass is 283 g/mol. The third kappa shape index (κ3) is 2.94. The molecule has 0 unspecified atom stereocenters. The maximum atomic E-state index is 13.6. The van der Waals surface area contributed by atoms with Gasteiger partial charge in [-0.15, -0.1) is 0 Å². The minimum absolute atomic E-state index is 0.0642. The SMILES string of the molecule is Cc1cc(Oc2c(F)cccc2[N+](=O)[O-])nc(Cl)n1. The Morgan fingerprint density at radius 3 is 2.79 bits per heavy atom. The summed E-state index contributed by atoms with van der Waals surface area (Å²) in [5, 5.41) is 10.7. The van der Waals surface area contributed by atoms with Gasteiger partial charge in [-0.3, -0.25) is 10.1 Å². The number of nitro benzene ring substituents is 1. The lowest BCUT2D eigenvalue weighted by molar-refractivity contribution is -0.385.